The molecule has 3 unspecified atom stereocenters. The highest BCUT2D eigenvalue weighted by Crippen LogP contribution is 2.28. The van der Waals surface area contributed by atoms with Crippen molar-refractivity contribution < 1.29 is 24.2 Å². The predicted molar refractivity (Wildman–Crippen MR) is 145 cm³/mol. The zero-order chi connectivity index (χ0) is 27.6. The van der Waals surface area contributed by atoms with Crippen molar-refractivity contribution in [1.29, 1.82) is 0 Å². The molecule has 1 aromatic carbocycles. The van der Waals surface area contributed by atoms with Gasteiger partial charge in [0.25, 0.3) is 0 Å². The molecule has 3 N–H and O–H groups in total. The van der Waals surface area contributed by atoms with Crippen LogP contribution in [0.3, 0.4) is 0 Å². The Labute approximate surface area is 222 Å². The molecular weight excluding hydrogens is 470 g/mol. The lowest BCUT2D eigenvalue weighted by molar-refractivity contribution is -0.144. The third kappa shape index (κ3) is 9.56. The first-order valence-corrected chi connectivity index (χ1v) is 13.9. The number of phenolic OH excluding ortho intramolecular Hbond substituents is 1. The van der Waals surface area contributed by atoms with Crippen LogP contribution in [0.15, 0.2) is 24.3 Å². The summed E-state index contributed by atoms with van der Waals surface area (Å²) < 4.78 is 5.45. The first-order valence-electron chi connectivity index (χ1n) is 13.9. The van der Waals surface area contributed by atoms with Crippen LogP contribution in [0.1, 0.15) is 105 Å². The molecule has 1 aliphatic carbocycles. The predicted octanol–water partition coefficient (Wildman–Crippen LogP) is 5.45. The van der Waals surface area contributed by atoms with Gasteiger partial charge in [-0.15, -0.1) is 0 Å². The number of benzene rings is 1. The third-order valence-electron chi connectivity index (χ3n) is 6.91. The van der Waals surface area contributed by atoms with E-state index in [4.69, 9.17) is 4.74 Å². The number of alkyl carbamates (subject to hydrolysis) is 1. The minimum atomic E-state index is -0.881. The Balaban J connectivity index is 2.45. The Morgan fingerprint density at radius 2 is 1.70 bits per heavy atom. The van der Waals surface area contributed by atoms with E-state index >= 15 is 0 Å². The standard InChI is InChI=1S/C29H47N3O5/c1-7-9-19-32(27(35)24(20(3)8-2)31-28(36)37-29(4,5)6)25(21-15-17-23(33)18-16-21)26(34)30-22-13-11-10-12-14-22/h15-18,20,22,24-25,33H,7-14,19H2,1-6H3,(H,30,34)(H,31,36). The number of nitrogens with zero attached hydrogens (tertiary/aromatic N) is 1. The zero-order valence-corrected chi connectivity index (χ0v) is 23.5. The zero-order valence-electron chi connectivity index (χ0n) is 23.5. The number of carbonyl (C=O) groups is 3. The molecule has 0 spiro atoms. The van der Waals surface area contributed by atoms with Gasteiger partial charge in [-0.2, -0.15) is 0 Å². The van der Waals surface area contributed by atoms with E-state index in [1.165, 1.54) is 18.6 Å². The molecule has 0 aromatic heterocycles. The summed E-state index contributed by atoms with van der Waals surface area (Å²) in [5.74, 6) is -0.635. The monoisotopic (exact) mass is 517 g/mol. The van der Waals surface area contributed by atoms with Crippen molar-refractivity contribution in [1.82, 2.24) is 15.5 Å². The highest BCUT2D eigenvalue weighted by molar-refractivity contribution is 5.92. The van der Waals surface area contributed by atoms with Gasteiger partial charge < -0.3 is 25.4 Å². The number of hydrogen-bond acceptors (Lipinski definition) is 5. The first kappa shape index (κ1) is 30.5. The van der Waals surface area contributed by atoms with Gasteiger partial charge in [0.1, 0.15) is 23.4 Å². The largest absolute Gasteiger partial charge is 0.508 e. The van der Waals surface area contributed by atoms with Crippen molar-refractivity contribution in [3.8, 4) is 5.75 Å². The number of phenols is 1. The number of ether oxygens (including phenoxy) is 1. The minimum Gasteiger partial charge on any atom is -0.508 e. The van der Waals surface area contributed by atoms with Crippen LogP contribution in [-0.2, 0) is 14.3 Å². The highest BCUT2D eigenvalue weighted by atomic mass is 16.6. The van der Waals surface area contributed by atoms with Crippen LogP contribution in [0.2, 0.25) is 0 Å². The maximum atomic E-state index is 14.2. The van der Waals surface area contributed by atoms with Gasteiger partial charge in [0.2, 0.25) is 11.8 Å². The molecule has 0 radical (unpaired) electrons. The number of hydrogen-bond donors (Lipinski definition) is 3. The highest BCUT2D eigenvalue weighted by Gasteiger charge is 2.38. The topological polar surface area (TPSA) is 108 Å². The van der Waals surface area contributed by atoms with E-state index in [-0.39, 0.29) is 29.5 Å². The lowest BCUT2D eigenvalue weighted by Gasteiger charge is -2.37. The molecule has 0 bridgehead atoms. The van der Waals surface area contributed by atoms with Gasteiger partial charge in [-0.25, -0.2) is 4.79 Å². The van der Waals surface area contributed by atoms with E-state index in [1.807, 2.05) is 20.8 Å². The maximum absolute atomic E-state index is 14.2. The molecule has 8 heteroatoms. The summed E-state index contributed by atoms with van der Waals surface area (Å²) in [7, 11) is 0. The van der Waals surface area contributed by atoms with E-state index in [0.29, 0.717) is 24.9 Å². The van der Waals surface area contributed by atoms with Gasteiger partial charge in [0, 0.05) is 12.6 Å². The maximum Gasteiger partial charge on any atom is 0.408 e. The molecule has 1 saturated carbocycles. The Bertz CT molecular complexity index is 875. The van der Waals surface area contributed by atoms with E-state index in [2.05, 4.69) is 10.6 Å². The Morgan fingerprint density at radius 1 is 1.08 bits per heavy atom. The van der Waals surface area contributed by atoms with Gasteiger partial charge in [-0.3, -0.25) is 9.59 Å². The second kappa shape index (κ2) is 14.2. The van der Waals surface area contributed by atoms with Crippen molar-refractivity contribution in [3.63, 3.8) is 0 Å². The molecule has 0 saturated heterocycles. The van der Waals surface area contributed by atoms with Gasteiger partial charge in [-0.05, 0) is 63.6 Å². The average molecular weight is 518 g/mol. The lowest BCUT2D eigenvalue weighted by atomic mass is 9.93. The number of aromatic hydroxyl groups is 1. The summed E-state index contributed by atoms with van der Waals surface area (Å²) in [6.45, 7) is 11.6. The molecule has 2 rings (SSSR count). The summed E-state index contributed by atoms with van der Waals surface area (Å²) in [5, 5.41) is 15.9. The molecule has 1 fully saturated rings. The fourth-order valence-corrected chi connectivity index (χ4v) is 4.65. The summed E-state index contributed by atoms with van der Waals surface area (Å²) in [6, 6.07) is 4.79. The molecule has 0 aliphatic heterocycles. The molecule has 1 aromatic rings. The number of rotatable bonds is 11. The fraction of sp³-hybridized carbons (Fsp3) is 0.690. The van der Waals surface area contributed by atoms with Crippen molar-refractivity contribution in [2.24, 2.45) is 5.92 Å². The van der Waals surface area contributed by atoms with Crippen molar-refractivity contribution in [2.75, 3.05) is 6.54 Å². The summed E-state index contributed by atoms with van der Waals surface area (Å²) in [6.07, 6.45) is 6.70. The molecule has 3 amide bonds. The molecular formula is C29H47N3O5. The Kier molecular flexibility index (Phi) is 11.7. The number of amides is 3. The molecule has 0 heterocycles. The van der Waals surface area contributed by atoms with Gasteiger partial charge in [0.15, 0.2) is 0 Å². The number of unbranched alkanes of at least 4 members (excludes halogenated alkanes) is 1. The second-order valence-electron chi connectivity index (χ2n) is 11.2. The number of nitrogens with one attached hydrogen (secondary N) is 2. The lowest BCUT2D eigenvalue weighted by Crippen LogP contribution is -2.56. The van der Waals surface area contributed by atoms with Crippen molar-refractivity contribution >= 4 is 17.9 Å². The summed E-state index contributed by atoms with van der Waals surface area (Å²) >= 11 is 0. The van der Waals surface area contributed by atoms with Crippen LogP contribution in [-0.4, -0.2) is 52.1 Å². The molecule has 8 nitrogen and oxygen atoms in total. The van der Waals surface area contributed by atoms with E-state index in [0.717, 1.165) is 32.1 Å². The second-order valence-corrected chi connectivity index (χ2v) is 11.2. The van der Waals surface area contributed by atoms with Crippen molar-refractivity contribution in [3.05, 3.63) is 29.8 Å². The van der Waals surface area contributed by atoms with Crippen molar-refractivity contribution in [2.45, 2.75) is 117 Å². The Morgan fingerprint density at radius 3 is 2.24 bits per heavy atom. The SMILES string of the molecule is CCCCN(C(=O)C(NC(=O)OC(C)(C)C)C(C)CC)C(C(=O)NC1CCCCC1)c1ccc(O)cc1. The minimum absolute atomic E-state index is 0.0780. The van der Waals surface area contributed by atoms with E-state index in [1.54, 1.807) is 37.8 Å². The smallest absolute Gasteiger partial charge is 0.408 e. The third-order valence-corrected chi connectivity index (χ3v) is 6.91. The van der Waals surface area contributed by atoms with Crippen LogP contribution in [0.25, 0.3) is 0 Å². The fourth-order valence-electron chi connectivity index (χ4n) is 4.65. The van der Waals surface area contributed by atoms with Crippen LogP contribution in [0, 0.1) is 5.92 Å². The van der Waals surface area contributed by atoms with Gasteiger partial charge in [0.05, 0.1) is 0 Å². The van der Waals surface area contributed by atoms with Gasteiger partial charge in [-0.1, -0.05) is 65.0 Å². The normalized spacial score (nSPS) is 16.8. The Hall–Kier alpha value is -2.77. The van der Waals surface area contributed by atoms with E-state index in [9.17, 15) is 19.5 Å². The van der Waals surface area contributed by atoms with Crippen LogP contribution in [0.5, 0.6) is 5.75 Å². The number of carbonyl (C=O) groups excluding carboxylic acids is 3. The first-order chi connectivity index (χ1) is 17.5. The van der Waals surface area contributed by atoms with E-state index < -0.39 is 23.8 Å². The molecule has 1 aliphatic rings. The summed E-state index contributed by atoms with van der Waals surface area (Å²) in [5.41, 5.74) is -0.0838. The van der Waals surface area contributed by atoms with Crippen LogP contribution >= 0.6 is 0 Å². The summed E-state index contributed by atoms with van der Waals surface area (Å²) in [4.78, 5) is 42.2. The van der Waals surface area contributed by atoms with Crippen LogP contribution < -0.4 is 10.6 Å². The van der Waals surface area contributed by atoms with Crippen LogP contribution in [0.4, 0.5) is 4.79 Å². The molecule has 3 atom stereocenters. The molecule has 37 heavy (non-hydrogen) atoms. The average Bonchev–Trinajstić information content (AvgIpc) is 2.84. The van der Waals surface area contributed by atoms with Gasteiger partial charge >= 0.3 is 6.09 Å². The molecule has 208 valence electrons. The quantitative estimate of drug-likeness (QED) is 0.362.